The Morgan fingerprint density at radius 1 is 1.06 bits per heavy atom. The molecule has 0 saturated heterocycles. The number of carbonyl (C=O) groups is 1. The second-order valence-electron chi connectivity index (χ2n) is 9.01. The molecule has 1 N–H and O–H groups in total. The number of urea groups is 1. The molecule has 2 aromatic carbocycles. The summed E-state index contributed by atoms with van der Waals surface area (Å²) in [6.45, 7) is 11.4. The Bertz CT molecular complexity index is 1000. The van der Waals surface area contributed by atoms with E-state index in [2.05, 4.69) is 82.4 Å². The standard InChI is InChI=1S/C29H36N2O.H2/c1-6-23(5)25-13-10-14-27(21(2)3)28(19-25)30-29(32)31(20-24-11-8-7-9-12-24)26-17-15-22(4)16-18-26;/h7-18,21,23H,6,19-20H2,1-5H3,(H,30,32);1H. The molecule has 0 radical (unpaired) electrons. The van der Waals surface area contributed by atoms with Gasteiger partial charge in [0, 0.05) is 19.2 Å². The molecule has 170 valence electrons. The molecule has 0 aliphatic heterocycles. The smallest absolute Gasteiger partial charge is 0.311 e. The van der Waals surface area contributed by atoms with Crippen LogP contribution in [-0.2, 0) is 6.54 Å². The van der Waals surface area contributed by atoms with Crippen molar-refractivity contribution in [2.24, 2.45) is 11.8 Å². The van der Waals surface area contributed by atoms with Gasteiger partial charge in [-0.2, -0.15) is 0 Å². The summed E-state index contributed by atoms with van der Waals surface area (Å²) < 4.78 is 0. The van der Waals surface area contributed by atoms with Gasteiger partial charge in [0.15, 0.2) is 0 Å². The molecule has 32 heavy (non-hydrogen) atoms. The first-order valence-electron chi connectivity index (χ1n) is 11.7. The van der Waals surface area contributed by atoms with E-state index in [0.717, 1.165) is 29.8 Å². The summed E-state index contributed by atoms with van der Waals surface area (Å²) in [5.41, 5.74) is 6.73. The number of anilines is 1. The SMILES string of the molecule is CCC(C)C1=CC=CC(C(C)C)=C(NC(=O)N(Cc2ccccc2)c2ccc(C)cc2)C1.[HH]. The monoisotopic (exact) mass is 430 g/mol. The molecule has 1 atom stereocenters. The zero-order chi connectivity index (χ0) is 23.1. The third-order valence-corrected chi connectivity index (χ3v) is 6.21. The van der Waals surface area contributed by atoms with Crippen LogP contribution in [0.5, 0.6) is 0 Å². The molecule has 3 heteroatoms. The maximum Gasteiger partial charge on any atom is 0.326 e. The molecule has 1 aliphatic carbocycles. The summed E-state index contributed by atoms with van der Waals surface area (Å²) in [6.07, 6.45) is 8.37. The Balaban J connectivity index is 0.00000385. The topological polar surface area (TPSA) is 32.3 Å². The third kappa shape index (κ3) is 6.00. The number of nitrogens with zero attached hydrogens (tertiary/aromatic N) is 1. The van der Waals surface area contributed by atoms with Crippen molar-refractivity contribution in [1.29, 1.82) is 0 Å². The molecule has 0 fully saturated rings. The maximum absolute atomic E-state index is 13.7. The molecule has 2 aromatic rings. The van der Waals surface area contributed by atoms with Crippen LogP contribution in [0.15, 0.2) is 89.7 Å². The lowest BCUT2D eigenvalue weighted by Gasteiger charge is -2.26. The second-order valence-corrected chi connectivity index (χ2v) is 9.01. The van der Waals surface area contributed by atoms with Crippen molar-refractivity contribution in [2.75, 3.05) is 4.90 Å². The molecule has 1 unspecified atom stereocenters. The van der Waals surface area contributed by atoms with Gasteiger partial charge in [-0.25, -0.2) is 4.79 Å². The number of benzene rings is 2. The number of aryl methyl sites for hydroxylation is 1. The van der Waals surface area contributed by atoms with Crippen molar-refractivity contribution < 1.29 is 6.22 Å². The Hall–Kier alpha value is -3.07. The van der Waals surface area contributed by atoms with Gasteiger partial charge in [-0.3, -0.25) is 4.90 Å². The molecular weight excluding hydrogens is 392 g/mol. The van der Waals surface area contributed by atoms with Gasteiger partial charge in [-0.15, -0.1) is 0 Å². The predicted octanol–water partition coefficient (Wildman–Crippen LogP) is 7.80. The third-order valence-electron chi connectivity index (χ3n) is 6.21. The van der Waals surface area contributed by atoms with Gasteiger partial charge < -0.3 is 5.32 Å². The maximum atomic E-state index is 13.7. The molecule has 3 rings (SSSR count). The minimum atomic E-state index is -0.0929. The minimum absolute atomic E-state index is 0. The highest BCUT2D eigenvalue weighted by Gasteiger charge is 2.22. The summed E-state index contributed by atoms with van der Waals surface area (Å²) in [5, 5.41) is 3.31. The summed E-state index contributed by atoms with van der Waals surface area (Å²) in [5.74, 6) is 0.809. The molecular formula is C29H38N2O. The van der Waals surface area contributed by atoms with Crippen molar-refractivity contribution >= 4 is 11.7 Å². The van der Waals surface area contributed by atoms with E-state index in [1.54, 1.807) is 0 Å². The molecule has 0 aromatic heterocycles. The Morgan fingerprint density at radius 2 is 1.75 bits per heavy atom. The number of hydrogen-bond donors (Lipinski definition) is 1. The first kappa shape index (κ1) is 23.6. The van der Waals surface area contributed by atoms with E-state index in [-0.39, 0.29) is 7.46 Å². The van der Waals surface area contributed by atoms with E-state index in [9.17, 15) is 4.79 Å². The Labute approximate surface area is 195 Å². The van der Waals surface area contributed by atoms with Gasteiger partial charge in [0.1, 0.15) is 0 Å². The van der Waals surface area contributed by atoms with Crippen LogP contribution in [0.4, 0.5) is 10.5 Å². The summed E-state index contributed by atoms with van der Waals surface area (Å²) in [6, 6.07) is 18.2. The zero-order valence-corrected chi connectivity index (χ0v) is 20.1. The first-order valence-corrected chi connectivity index (χ1v) is 11.7. The van der Waals surface area contributed by atoms with E-state index in [1.807, 2.05) is 35.2 Å². The van der Waals surface area contributed by atoms with Crippen molar-refractivity contribution in [1.82, 2.24) is 5.32 Å². The fourth-order valence-corrected chi connectivity index (χ4v) is 3.97. The van der Waals surface area contributed by atoms with Crippen LogP contribution in [-0.4, -0.2) is 6.03 Å². The van der Waals surface area contributed by atoms with Gasteiger partial charge in [0.25, 0.3) is 0 Å². The summed E-state index contributed by atoms with van der Waals surface area (Å²) in [4.78, 5) is 15.5. The quantitative estimate of drug-likeness (QED) is 0.477. The molecule has 0 bridgehead atoms. The van der Waals surface area contributed by atoms with Crippen LogP contribution in [0.1, 0.15) is 53.1 Å². The fraction of sp³-hybridized carbons (Fsp3) is 0.345. The number of rotatable bonds is 7. The minimum Gasteiger partial charge on any atom is -0.311 e. The van der Waals surface area contributed by atoms with Gasteiger partial charge in [0.05, 0.1) is 6.54 Å². The summed E-state index contributed by atoms with van der Waals surface area (Å²) >= 11 is 0. The summed E-state index contributed by atoms with van der Waals surface area (Å²) in [7, 11) is 0. The van der Waals surface area contributed by atoms with Gasteiger partial charge >= 0.3 is 6.03 Å². The van der Waals surface area contributed by atoms with Crippen LogP contribution >= 0.6 is 0 Å². The van der Waals surface area contributed by atoms with Crippen LogP contribution in [0.2, 0.25) is 0 Å². The van der Waals surface area contributed by atoms with Crippen LogP contribution in [0.3, 0.4) is 0 Å². The lowest BCUT2D eigenvalue weighted by molar-refractivity contribution is 0.248. The van der Waals surface area contributed by atoms with Crippen molar-refractivity contribution in [3.8, 4) is 0 Å². The predicted molar refractivity (Wildman–Crippen MR) is 138 cm³/mol. The number of allylic oxidation sites excluding steroid dienone is 5. The Morgan fingerprint density at radius 3 is 2.38 bits per heavy atom. The molecule has 3 nitrogen and oxygen atoms in total. The van der Waals surface area contributed by atoms with Gasteiger partial charge in [-0.1, -0.05) is 99.5 Å². The number of hydrogen-bond acceptors (Lipinski definition) is 1. The van der Waals surface area contributed by atoms with E-state index in [0.29, 0.717) is 18.4 Å². The van der Waals surface area contributed by atoms with Crippen LogP contribution < -0.4 is 10.2 Å². The fourth-order valence-electron chi connectivity index (χ4n) is 3.97. The van der Waals surface area contributed by atoms with E-state index in [1.165, 1.54) is 16.7 Å². The van der Waals surface area contributed by atoms with Crippen molar-refractivity contribution in [3.05, 3.63) is 101 Å². The first-order chi connectivity index (χ1) is 15.4. The highest BCUT2D eigenvalue weighted by atomic mass is 16.2. The normalized spacial score (nSPS) is 14.8. The second kappa shape index (κ2) is 11.0. The van der Waals surface area contributed by atoms with Crippen LogP contribution in [0, 0.1) is 18.8 Å². The lowest BCUT2D eigenvalue weighted by Crippen LogP contribution is -2.40. The number of amides is 2. The van der Waals surface area contributed by atoms with E-state index >= 15 is 0 Å². The molecule has 0 heterocycles. The zero-order valence-electron chi connectivity index (χ0n) is 20.1. The lowest BCUT2D eigenvalue weighted by atomic mass is 9.92. The Kier molecular flexibility index (Phi) is 8.10. The molecule has 0 saturated carbocycles. The van der Waals surface area contributed by atoms with Crippen molar-refractivity contribution in [2.45, 2.75) is 54.0 Å². The largest absolute Gasteiger partial charge is 0.326 e. The number of carbonyl (C=O) groups excluding carboxylic acids is 1. The van der Waals surface area contributed by atoms with Gasteiger partial charge in [-0.05, 0) is 48.4 Å². The highest BCUT2D eigenvalue weighted by molar-refractivity contribution is 5.93. The van der Waals surface area contributed by atoms with E-state index < -0.39 is 0 Å². The molecule has 0 spiro atoms. The number of nitrogens with one attached hydrogen (secondary N) is 1. The molecule has 2 amide bonds. The van der Waals surface area contributed by atoms with Crippen LogP contribution in [0.25, 0.3) is 0 Å². The molecule has 1 aliphatic rings. The average molecular weight is 431 g/mol. The average Bonchev–Trinajstić information content (AvgIpc) is 3.01. The van der Waals surface area contributed by atoms with E-state index in [4.69, 9.17) is 0 Å². The van der Waals surface area contributed by atoms with Gasteiger partial charge in [0.2, 0.25) is 0 Å². The van der Waals surface area contributed by atoms with Crippen molar-refractivity contribution in [3.63, 3.8) is 0 Å². The highest BCUT2D eigenvalue weighted by Crippen LogP contribution is 2.29.